The van der Waals surface area contributed by atoms with E-state index in [1.54, 1.807) is 6.07 Å². The van der Waals surface area contributed by atoms with Crippen molar-refractivity contribution in [3.8, 4) is 5.75 Å². The molecule has 2 aromatic rings. The highest BCUT2D eigenvalue weighted by atomic mass is 35.5. The molecule has 0 spiro atoms. The fraction of sp³-hybridized carbons (Fsp3) is 0.182. The molecule has 0 amide bonds. The van der Waals surface area contributed by atoms with Crippen molar-refractivity contribution < 1.29 is 5.11 Å². The molecule has 0 aliphatic rings. The third-order valence-electron chi connectivity index (χ3n) is 2.26. The normalized spacial score (nSPS) is 10.5. The number of aryl methyl sites for hydroxylation is 1. The Balaban J connectivity index is 2.11. The van der Waals surface area contributed by atoms with Gasteiger partial charge >= 0.3 is 0 Å². The van der Waals surface area contributed by atoms with Gasteiger partial charge in [-0.1, -0.05) is 23.2 Å². The van der Waals surface area contributed by atoms with Crippen LogP contribution in [0.4, 0.5) is 5.69 Å². The Morgan fingerprint density at radius 1 is 1.29 bits per heavy atom. The fourth-order valence-corrected chi connectivity index (χ4v) is 1.75. The summed E-state index contributed by atoms with van der Waals surface area (Å²) in [5.74, 6) is 0.0617. The number of aromatic nitrogens is 2. The van der Waals surface area contributed by atoms with Gasteiger partial charge in [-0.2, -0.15) is 5.10 Å². The van der Waals surface area contributed by atoms with Crippen LogP contribution in [0, 0.1) is 6.92 Å². The van der Waals surface area contributed by atoms with Gasteiger partial charge in [0, 0.05) is 11.8 Å². The number of H-pyrrole nitrogens is 1. The monoisotopic (exact) mass is 271 g/mol. The summed E-state index contributed by atoms with van der Waals surface area (Å²) in [6.45, 7) is 2.42. The largest absolute Gasteiger partial charge is 0.506 e. The number of hydrogen-bond donors (Lipinski definition) is 3. The predicted octanol–water partition coefficient (Wildman–Crippen LogP) is 3.34. The van der Waals surface area contributed by atoms with Crippen molar-refractivity contribution in [3.05, 3.63) is 39.6 Å². The quantitative estimate of drug-likeness (QED) is 0.751. The Bertz CT molecular complexity index is 540. The first kappa shape index (κ1) is 12.1. The second-order valence-electron chi connectivity index (χ2n) is 3.68. The Morgan fingerprint density at radius 3 is 2.65 bits per heavy atom. The van der Waals surface area contributed by atoms with E-state index in [9.17, 15) is 5.11 Å². The van der Waals surface area contributed by atoms with Gasteiger partial charge in [0.05, 0.1) is 28.0 Å². The summed E-state index contributed by atoms with van der Waals surface area (Å²) in [4.78, 5) is 0. The first-order valence-electron chi connectivity index (χ1n) is 4.99. The Kier molecular flexibility index (Phi) is 3.45. The summed E-state index contributed by atoms with van der Waals surface area (Å²) >= 11 is 11.6. The van der Waals surface area contributed by atoms with Crippen LogP contribution in [0.1, 0.15) is 11.4 Å². The molecular formula is C11H11Cl2N3O. The van der Waals surface area contributed by atoms with Crippen LogP contribution in [-0.2, 0) is 6.54 Å². The zero-order valence-corrected chi connectivity index (χ0v) is 10.6. The van der Waals surface area contributed by atoms with Gasteiger partial charge in [-0.3, -0.25) is 5.10 Å². The van der Waals surface area contributed by atoms with Crippen molar-refractivity contribution in [1.29, 1.82) is 0 Å². The molecule has 1 heterocycles. The lowest BCUT2D eigenvalue weighted by atomic mass is 10.2. The maximum absolute atomic E-state index is 9.67. The van der Waals surface area contributed by atoms with Crippen LogP contribution in [0.25, 0.3) is 0 Å². The van der Waals surface area contributed by atoms with Gasteiger partial charge in [-0.05, 0) is 19.1 Å². The Hall–Kier alpha value is -1.39. The molecule has 17 heavy (non-hydrogen) atoms. The Labute approximate surface area is 109 Å². The molecule has 0 saturated carbocycles. The third kappa shape index (κ3) is 2.84. The van der Waals surface area contributed by atoms with Crippen LogP contribution in [0.5, 0.6) is 5.75 Å². The van der Waals surface area contributed by atoms with Crippen molar-refractivity contribution in [2.75, 3.05) is 5.32 Å². The zero-order valence-electron chi connectivity index (χ0n) is 9.09. The van der Waals surface area contributed by atoms with E-state index in [1.165, 1.54) is 6.07 Å². The lowest BCUT2D eigenvalue weighted by Crippen LogP contribution is -2.00. The minimum absolute atomic E-state index is 0.0617. The highest BCUT2D eigenvalue weighted by molar-refractivity contribution is 6.42. The number of anilines is 1. The molecule has 4 nitrogen and oxygen atoms in total. The summed E-state index contributed by atoms with van der Waals surface area (Å²) < 4.78 is 0. The molecule has 6 heteroatoms. The molecule has 0 fully saturated rings. The fourth-order valence-electron chi connectivity index (χ4n) is 1.43. The Morgan fingerprint density at radius 2 is 2.00 bits per heavy atom. The van der Waals surface area contributed by atoms with Crippen molar-refractivity contribution in [2.24, 2.45) is 0 Å². The van der Waals surface area contributed by atoms with Crippen molar-refractivity contribution in [2.45, 2.75) is 13.5 Å². The lowest BCUT2D eigenvalue weighted by molar-refractivity contribution is 0.477. The summed E-state index contributed by atoms with van der Waals surface area (Å²) in [6, 6.07) is 4.91. The highest BCUT2D eigenvalue weighted by Gasteiger charge is 2.07. The lowest BCUT2D eigenvalue weighted by Gasteiger charge is -2.08. The highest BCUT2D eigenvalue weighted by Crippen LogP contribution is 2.33. The van der Waals surface area contributed by atoms with Crippen LogP contribution in [0.3, 0.4) is 0 Å². The summed E-state index contributed by atoms with van der Waals surface area (Å²) in [7, 11) is 0. The van der Waals surface area contributed by atoms with E-state index in [-0.39, 0.29) is 5.75 Å². The summed E-state index contributed by atoms with van der Waals surface area (Å²) in [6.07, 6.45) is 0. The van der Waals surface area contributed by atoms with E-state index in [0.29, 0.717) is 22.3 Å². The van der Waals surface area contributed by atoms with Gasteiger partial charge in [0.2, 0.25) is 0 Å². The van der Waals surface area contributed by atoms with E-state index >= 15 is 0 Å². The number of phenols is 1. The number of halogens is 2. The van der Waals surface area contributed by atoms with Crippen molar-refractivity contribution >= 4 is 28.9 Å². The van der Waals surface area contributed by atoms with Crippen LogP contribution >= 0.6 is 23.2 Å². The second-order valence-corrected chi connectivity index (χ2v) is 4.49. The average Bonchev–Trinajstić information content (AvgIpc) is 2.68. The number of nitrogens with one attached hydrogen (secondary N) is 2. The molecule has 3 N–H and O–H groups in total. The van der Waals surface area contributed by atoms with Crippen molar-refractivity contribution in [3.63, 3.8) is 0 Å². The number of aromatic amines is 1. The molecule has 0 unspecified atom stereocenters. The van der Waals surface area contributed by atoms with Crippen LogP contribution in [-0.4, -0.2) is 15.3 Å². The number of hydrogen-bond acceptors (Lipinski definition) is 3. The molecule has 1 aromatic heterocycles. The molecular weight excluding hydrogens is 261 g/mol. The minimum Gasteiger partial charge on any atom is -0.506 e. The van der Waals surface area contributed by atoms with E-state index in [1.807, 2.05) is 13.0 Å². The molecule has 0 aliphatic carbocycles. The second kappa shape index (κ2) is 4.85. The molecule has 0 saturated heterocycles. The maximum atomic E-state index is 9.67. The molecule has 0 bridgehead atoms. The number of benzene rings is 1. The first-order chi connectivity index (χ1) is 8.06. The number of phenolic OH excluding ortho intramolecular Hbond substituents is 1. The maximum Gasteiger partial charge on any atom is 0.140 e. The SMILES string of the molecule is Cc1cc(CNc2cc(Cl)c(Cl)cc2O)n[nH]1. The summed E-state index contributed by atoms with van der Waals surface area (Å²) in [5, 5.41) is 20.3. The first-order valence-corrected chi connectivity index (χ1v) is 5.74. The minimum atomic E-state index is 0.0617. The molecule has 1 aromatic carbocycles. The van der Waals surface area contributed by atoms with Gasteiger partial charge in [0.25, 0.3) is 0 Å². The van der Waals surface area contributed by atoms with E-state index in [2.05, 4.69) is 15.5 Å². The van der Waals surface area contributed by atoms with Crippen LogP contribution < -0.4 is 5.32 Å². The molecule has 0 radical (unpaired) electrons. The molecule has 90 valence electrons. The molecule has 2 rings (SSSR count). The van der Waals surface area contributed by atoms with E-state index in [4.69, 9.17) is 23.2 Å². The van der Waals surface area contributed by atoms with Crippen LogP contribution in [0.15, 0.2) is 18.2 Å². The van der Waals surface area contributed by atoms with Gasteiger partial charge in [0.1, 0.15) is 5.75 Å². The third-order valence-corrected chi connectivity index (χ3v) is 2.98. The number of rotatable bonds is 3. The molecule has 0 aliphatic heterocycles. The van der Waals surface area contributed by atoms with Gasteiger partial charge in [0.15, 0.2) is 0 Å². The predicted molar refractivity (Wildman–Crippen MR) is 68.8 cm³/mol. The topological polar surface area (TPSA) is 60.9 Å². The van der Waals surface area contributed by atoms with Gasteiger partial charge < -0.3 is 10.4 Å². The standard InChI is InChI=1S/C11H11Cl2N3O/c1-6-2-7(16-15-6)5-14-10-3-8(12)9(13)4-11(10)17/h2-4,14,17H,5H2,1H3,(H,15,16). The van der Waals surface area contributed by atoms with E-state index in [0.717, 1.165) is 11.4 Å². The number of aromatic hydroxyl groups is 1. The van der Waals surface area contributed by atoms with Crippen molar-refractivity contribution in [1.82, 2.24) is 10.2 Å². The van der Waals surface area contributed by atoms with Gasteiger partial charge in [-0.25, -0.2) is 0 Å². The molecule has 0 atom stereocenters. The van der Waals surface area contributed by atoms with Gasteiger partial charge in [-0.15, -0.1) is 0 Å². The van der Waals surface area contributed by atoms with E-state index < -0.39 is 0 Å². The summed E-state index contributed by atoms with van der Waals surface area (Å²) in [5.41, 5.74) is 2.37. The van der Waals surface area contributed by atoms with Crippen LogP contribution in [0.2, 0.25) is 10.0 Å². The zero-order chi connectivity index (χ0) is 12.4. The average molecular weight is 272 g/mol. The smallest absolute Gasteiger partial charge is 0.140 e. The number of nitrogens with zero attached hydrogens (tertiary/aromatic N) is 1.